The highest BCUT2D eigenvalue weighted by molar-refractivity contribution is 5.90. The van der Waals surface area contributed by atoms with Crippen molar-refractivity contribution in [3.8, 4) is 5.75 Å². The second kappa shape index (κ2) is 9.32. The fourth-order valence-corrected chi connectivity index (χ4v) is 2.89. The van der Waals surface area contributed by atoms with Crippen LogP contribution in [0.1, 0.15) is 12.8 Å². The van der Waals surface area contributed by atoms with Crippen LogP contribution in [-0.4, -0.2) is 55.6 Å². The summed E-state index contributed by atoms with van der Waals surface area (Å²) < 4.78 is 18.5. The Bertz CT molecular complexity index is 746. The van der Waals surface area contributed by atoms with Gasteiger partial charge in [-0.05, 0) is 37.7 Å². The first kappa shape index (κ1) is 19.1. The summed E-state index contributed by atoms with van der Waals surface area (Å²) in [5, 5.41) is 2.84. The number of ether oxygens (including phenoxy) is 1. The van der Waals surface area contributed by atoms with Crippen LogP contribution < -0.4 is 15.0 Å². The normalized spacial score (nSPS) is 14.8. The molecule has 1 fully saturated rings. The van der Waals surface area contributed by atoms with Gasteiger partial charge in [0, 0.05) is 38.7 Å². The van der Waals surface area contributed by atoms with Crippen LogP contribution in [0.5, 0.6) is 5.75 Å². The van der Waals surface area contributed by atoms with Crippen molar-refractivity contribution in [1.29, 1.82) is 0 Å². The van der Waals surface area contributed by atoms with Crippen molar-refractivity contribution in [2.45, 2.75) is 12.8 Å². The van der Waals surface area contributed by atoms with E-state index in [1.165, 1.54) is 12.1 Å². The summed E-state index contributed by atoms with van der Waals surface area (Å²) in [6.07, 6.45) is 2.57. The van der Waals surface area contributed by atoms with E-state index in [1.54, 1.807) is 18.3 Å². The van der Waals surface area contributed by atoms with Crippen molar-refractivity contribution in [3.63, 3.8) is 0 Å². The summed E-state index contributed by atoms with van der Waals surface area (Å²) in [6.45, 7) is 4.33. The Hall–Kier alpha value is -2.67. The monoisotopic (exact) mass is 372 g/mol. The first-order valence-corrected chi connectivity index (χ1v) is 9.18. The van der Waals surface area contributed by atoms with Crippen molar-refractivity contribution in [3.05, 3.63) is 48.4 Å². The van der Waals surface area contributed by atoms with Gasteiger partial charge >= 0.3 is 0 Å². The molecule has 6 nitrogen and oxygen atoms in total. The minimum Gasteiger partial charge on any atom is -0.493 e. The summed E-state index contributed by atoms with van der Waals surface area (Å²) in [7, 11) is 2.12. The number of hydrogen-bond acceptors (Lipinski definition) is 5. The van der Waals surface area contributed by atoms with Gasteiger partial charge < -0.3 is 19.9 Å². The van der Waals surface area contributed by atoms with Crippen LogP contribution >= 0.6 is 0 Å². The Morgan fingerprint density at radius 2 is 2.04 bits per heavy atom. The molecule has 27 heavy (non-hydrogen) atoms. The van der Waals surface area contributed by atoms with E-state index in [2.05, 4.69) is 27.1 Å². The van der Waals surface area contributed by atoms with E-state index >= 15 is 0 Å². The highest BCUT2D eigenvalue weighted by Crippen LogP contribution is 2.16. The van der Waals surface area contributed by atoms with E-state index in [9.17, 15) is 9.18 Å². The number of likely N-dealkylation sites (N-methyl/N-ethyl adjacent to an activating group) is 1. The third-order valence-corrected chi connectivity index (χ3v) is 4.47. The molecule has 1 aliphatic heterocycles. The lowest BCUT2D eigenvalue weighted by atomic mass is 10.3. The number of hydrogen-bond donors (Lipinski definition) is 1. The van der Waals surface area contributed by atoms with Crippen LogP contribution in [0, 0.1) is 5.82 Å². The van der Waals surface area contributed by atoms with E-state index < -0.39 is 0 Å². The Kier molecular flexibility index (Phi) is 6.59. The summed E-state index contributed by atoms with van der Waals surface area (Å²) in [6, 6.07) is 9.79. The van der Waals surface area contributed by atoms with Crippen LogP contribution in [0.3, 0.4) is 0 Å². The second-order valence-corrected chi connectivity index (χ2v) is 6.65. The molecule has 1 amide bonds. The number of benzene rings is 1. The van der Waals surface area contributed by atoms with Gasteiger partial charge in [-0.25, -0.2) is 9.37 Å². The Labute approximate surface area is 158 Å². The van der Waals surface area contributed by atoms with Gasteiger partial charge in [0.25, 0.3) is 0 Å². The zero-order valence-electron chi connectivity index (χ0n) is 15.5. The van der Waals surface area contributed by atoms with Crippen molar-refractivity contribution in [2.75, 3.05) is 50.1 Å². The van der Waals surface area contributed by atoms with Gasteiger partial charge in [-0.15, -0.1) is 0 Å². The molecule has 0 saturated carbocycles. The number of aromatic nitrogens is 1. The Morgan fingerprint density at radius 1 is 1.22 bits per heavy atom. The number of pyridine rings is 1. The highest BCUT2D eigenvalue weighted by atomic mass is 19.1. The fraction of sp³-hybridized carbons (Fsp3) is 0.400. The topological polar surface area (TPSA) is 57.7 Å². The largest absolute Gasteiger partial charge is 0.493 e. The summed E-state index contributed by atoms with van der Waals surface area (Å²) in [5.74, 6) is 0.980. The van der Waals surface area contributed by atoms with Gasteiger partial charge in [0.1, 0.15) is 17.4 Å². The molecule has 0 spiro atoms. The quantitative estimate of drug-likeness (QED) is 0.758. The van der Waals surface area contributed by atoms with Gasteiger partial charge in [0.2, 0.25) is 5.91 Å². The summed E-state index contributed by atoms with van der Waals surface area (Å²) >= 11 is 0. The molecule has 0 bridgehead atoms. The minimum atomic E-state index is -0.335. The van der Waals surface area contributed by atoms with Gasteiger partial charge in [0.15, 0.2) is 0 Å². The van der Waals surface area contributed by atoms with E-state index in [0.29, 0.717) is 30.9 Å². The van der Waals surface area contributed by atoms with Crippen LogP contribution in [0.25, 0.3) is 0 Å². The lowest BCUT2D eigenvalue weighted by Gasteiger charge is -2.33. The molecule has 1 aliphatic rings. The minimum absolute atomic E-state index is 0.0908. The number of halogens is 1. The maximum Gasteiger partial charge on any atom is 0.224 e. The highest BCUT2D eigenvalue weighted by Gasteiger charge is 2.15. The molecular weight excluding hydrogens is 347 g/mol. The molecule has 1 N–H and O–H groups in total. The average Bonchev–Trinajstić information content (AvgIpc) is 2.67. The molecule has 2 aromatic rings. The van der Waals surface area contributed by atoms with Gasteiger partial charge in [0.05, 0.1) is 18.5 Å². The predicted octanol–water partition coefficient (Wildman–Crippen LogP) is 2.77. The first-order chi connectivity index (χ1) is 13.1. The van der Waals surface area contributed by atoms with Crippen molar-refractivity contribution >= 4 is 17.4 Å². The molecule has 1 saturated heterocycles. The number of piperazine rings is 1. The predicted molar refractivity (Wildman–Crippen MR) is 104 cm³/mol. The molecule has 1 aromatic heterocycles. The lowest BCUT2D eigenvalue weighted by molar-refractivity contribution is -0.116. The van der Waals surface area contributed by atoms with E-state index in [4.69, 9.17) is 4.74 Å². The number of carbonyl (C=O) groups excluding carboxylic acids is 1. The van der Waals surface area contributed by atoms with Crippen molar-refractivity contribution in [1.82, 2.24) is 9.88 Å². The zero-order valence-corrected chi connectivity index (χ0v) is 15.5. The number of carbonyl (C=O) groups is 1. The smallest absolute Gasteiger partial charge is 0.224 e. The van der Waals surface area contributed by atoms with Gasteiger partial charge in [-0.2, -0.15) is 0 Å². The summed E-state index contributed by atoms with van der Waals surface area (Å²) in [5.41, 5.74) is 0.684. The fourth-order valence-electron chi connectivity index (χ4n) is 2.89. The number of nitrogens with one attached hydrogen (secondary N) is 1. The molecule has 3 rings (SSSR count). The van der Waals surface area contributed by atoms with Crippen LogP contribution in [0.15, 0.2) is 42.6 Å². The Morgan fingerprint density at radius 3 is 2.74 bits per heavy atom. The number of amides is 1. The lowest BCUT2D eigenvalue weighted by Crippen LogP contribution is -2.44. The van der Waals surface area contributed by atoms with Crippen molar-refractivity contribution < 1.29 is 13.9 Å². The Balaban J connectivity index is 1.39. The van der Waals surface area contributed by atoms with E-state index in [-0.39, 0.29) is 11.7 Å². The van der Waals surface area contributed by atoms with Gasteiger partial charge in [-0.1, -0.05) is 6.07 Å². The number of nitrogens with zero attached hydrogens (tertiary/aromatic N) is 3. The molecule has 1 aromatic carbocycles. The maximum absolute atomic E-state index is 13.1. The second-order valence-electron chi connectivity index (χ2n) is 6.65. The molecule has 0 radical (unpaired) electrons. The number of anilines is 2. The molecule has 0 atom stereocenters. The van der Waals surface area contributed by atoms with E-state index in [1.807, 2.05) is 12.1 Å². The molecule has 0 aliphatic carbocycles. The molecular formula is C20H25FN4O2. The molecule has 144 valence electrons. The van der Waals surface area contributed by atoms with Gasteiger partial charge in [-0.3, -0.25) is 4.79 Å². The van der Waals surface area contributed by atoms with Crippen LogP contribution in [-0.2, 0) is 4.79 Å². The molecule has 2 heterocycles. The maximum atomic E-state index is 13.1. The summed E-state index contributed by atoms with van der Waals surface area (Å²) in [4.78, 5) is 21.0. The van der Waals surface area contributed by atoms with Crippen LogP contribution in [0.4, 0.5) is 15.9 Å². The average molecular weight is 372 g/mol. The third-order valence-electron chi connectivity index (χ3n) is 4.47. The zero-order chi connectivity index (χ0) is 19.1. The standard InChI is InChI=1S/C20H25FN4O2/c1-24-9-11-25(12-10-24)19-8-7-17(15-22-19)23-20(26)6-3-13-27-18-5-2-4-16(21)14-18/h2,4-5,7-8,14-15H,3,6,9-13H2,1H3,(H,23,26). The molecule has 0 unspecified atom stereocenters. The van der Waals surface area contributed by atoms with Crippen LogP contribution in [0.2, 0.25) is 0 Å². The van der Waals surface area contributed by atoms with E-state index in [0.717, 1.165) is 32.0 Å². The molecule has 7 heteroatoms. The first-order valence-electron chi connectivity index (χ1n) is 9.18. The van der Waals surface area contributed by atoms with Crippen molar-refractivity contribution in [2.24, 2.45) is 0 Å². The SMILES string of the molecule is CN1CCN(c2ccc(NC(=O)CCCOc3cccc(F)c3)cn2)CC1. The number of rotatable bonds is 7. The third kappa shape index (κ3) is 5.92.